The molecule has 2 aliphatic carbocycles. The van der Waals surface area contributed by atoms with Gasteiger partial charge in [0.25, 0.3) is 0 Å². The number of rotatable bonds is 4. The van der Waals surface area contributed by atoms with Crippen molar-refractivity contribution in [1.29, 1.82) is 0 Å². The predicted molar refractivity (Wildman–Crippen MR) is 77.2 cm³/mol. The molecular weight excluding hydrogens is 252 g/mol. The first-order valence-corrected chi connectivity index (χ1v) is 7.89. The van der Waals surface area contributed by atoms with Gasteiger partial charge in [-0.2, -0.15) is 9.97 Å². The summed E-state index contributed by atoms with van der Waals surface area (Å²) in [5.41, 5.74) is 5.61. The third kappa shape index (κ3) is 2.51. The van der Waals surface area contributed by atoms with Gasteiger partial charge >= 0.3 is 0 Å². The van der Waals surface area contributed by atoms with Crippen molar-refractivity contribution >= 4 is 5.95 Å². The molecule has 0 radical (unpaired) electrons. The maximum Gasteiger partial charge on any atom is 0.223 e. The first-order chi connectivity index (χ1) is 9.73. The van der Waals surface area contributed by atoms with E-state index < -0.39 is 0 Å². The van der Waals surface area contributed by atoms with E-state index in [1.54, 1.807) is 0 Å². The SMILES string of the molecule is CCOC1(c2nc(N)nc(C3CCCC3)n2)CCCC1. The number of nitrogens with two attached hydrogens (primary N) is 1. The molecule has 0 saturated heterocycles. The topological polar surface area (TPSA) is 73.9 Å². The standard InChI is InChI=1S/C15H24N4O/c1-2-20-15(9-5-6-10-15)13-17-12(18-14(16)19-13)11-7-3-4-8-11/h11H,2-10H2,1H3,(H2,16,17,18,19). The van der Waals surface area contributed by atoms with E-state index in [-0.39, 0.29) is 5.60 Å². The molecule has 2 fully saturated rings. The highest BCUT2D eigenvalue weighted by Crippen LogP contribution is 2.41. The van der Waals surface area contributed by atoms with Crippen molar-refractivity contribution in [2.45, 2.75) is 69.8 Å². The zero-order valence-corrected chi connectivity index (χ0v) is 12.3. The van der Waals surface area contributed by atoms with E-state index in [9.17, 15) is 0 Å². The summed E-state index contributed by atoms with van der Waals surface area (Å²) in [4.78, 5) is 13.5. The van der Waals surface area contributed by atoms with Gasteiger partial charge in [0.15, 0.2) is 5.82 Å². The van der Waals surface area contributed by atoms with Crippen LogP contribution >= 0.6 is 0 Å². The van der Waals surface area contributed by atoms with Gasteiger partial charge in [0, 0.05) is 12.5 Å². The van der Waals surface area contributed by atoms with Gasteiger partial charge in [0.1, 0.15) is 11.4 Å². The molecule has 5 nitrogen and oxygen atoms in total. The van der Waals surface area contributed by atoms with Crippen LogP contribution in [0.5, 0.6) is 0 Å². The fourth-order valence-corrected chi connectivity index (χ4v) is 3.63. The van der Waals surface area contributed by atoms with Crippen LogP contribution in [0.15, 0.2) is 0 Å². The summed E-state index contributed by atoms with van der Waals surface area (Å²) in [5.74, 6) is 2.46. The van der Waals surface area contributed by atoms with E-state index in [4.69, 9.17) is 15.5 Å². The predicted octanol–water partition coefficient (Wildman–Crippen LogP) is 2.92. The Balaban J connectivity index is 1.95. The van der Waals surface area contributed by atoms with Crippen molar-refractivity contribution in [3.8, 4) is 0 Å². The van der Waals surface area contributed by atoms with Crippen molar-refractivity contribution in [2.75, 3.05) is 12.3 Å². The van der Waals surface area contributed by atoms with E-state index in [0.29, 0.717) is 18.5 Å². The number of hydrogen-bond donors (Lipinski definition) is 1. The first kappa shape index (κ1) is 13.7. The minimum Gasteiger partial charge on any atom is -0.368 e. The molecule has 2 aliphatic rings. The Labute approximate surface area is 120 Å². The summed E-state index contributed by atoms with van der Waals surface area (Å²) in [5, 5.41) is 0. The molecule has 0 unspecified atom stereocenters. The van der Waals surface area contributed by atoms with Gasteiger partial charge in [-0.25, -0.2) is 4.98 Å². The lowest BCUT2D eigenvalue weighted by Gasteiger charge is -2.27. The average molecular weight is 276 g/mol. The van der Waals surface area contributed by atoms with Crippen molar-refractivity contribution in [3.63, 3.8) is 0 Å². The lowest BCUT2D eigenvalue weighted by Crippen LogP contribution is -2.30. The van der Waals surface area contributed by atoms with Crippen LogP contribution in [-0.4, -0.2) is 21.6 Å². The molecule has 2 N–H and O–H groups in total. The number of hydrogen-bond acceptors (Lipinski definition) is 5. The van der Waals surface area contributed by atoms with E-state index in [0.717, 1.165) is 24.5 Å². The van der Waals surface area contributed by atoms with Crippen molar-refractivity contribution in [2.24, 2.45) is 0 Å². The van der Waals surface area contributed by atoms with Gasteiger partial charge in [-0.15, -0.1) is 0 Å². The van der Waals surface area contributed by atoms with Gasteiger partial charge in [0.05, 0.1) is 0 Å². The highest BCUT2D eigenvalue weighted by molar-refractivity contribution is 5.21. The lowest BCUT2D eigenvalue weighted by atomic mass is 10.0. The van der Waals surface area contributed by atoms with Crippen molar-refractivity contribution < 1.29 is 4.74 Å². The third-order valence-electron chi connectivity index (χ3n) is 4.63. The van der Waals surface area contributed by atoms with Crippen LogP contribution in [0.1, 0.15) is 75.9 Å². The third-order valence-corrected chi connectivity index (χ3v) is 4.63. The molecule has 110 valence electrons. The molecule has 1 heterocycles. The van der Waals surface area contributed by atoms with Gasteiger partial charge in [-0.1, -0.05) is 12.8 Å². The molecule has 3 rings (SSSR count). The summed E-state index contributed by atoms with van der Waals surface area (Å²) in [6.45, 7) is 2.72. The molecule has 20 heavy (non-hydrogen) atoms. The molecule has 1 aromatic heterocycles. The Morgan fingerprint density at radius 1 is 1.10 bits per heavy atom. The Morgan fingerprint density at radius 2 is 1.80 bits per heavy atom. The Morgan fingerprint density at radius 3 is 2.45 bits per heavy atom. The quantitative estimate of drug-likeness (QED) is 0.915. The molecule has 0 atom stereocenters. The maximum atomic E-state index is 6.04. The second kappa shape index (κ2) is 5.64. The van der Waals surface area contributed by atoms with Crippen molar-refractivity contribution in [3.05, 3.63) is 11.6 Å². The normalized spacial score (nSPS) is 22.4. The lowest BCUT2D eigenvalue weighted by molar-refractivity contribution is -0.0459. The maximum absolute atomic E-state index is 6.04. The second-order valence-electron chi connectivity index (χ2n) is 5.99. The van der Waals surface area contributed by atoms with Crippen LogP contribution in [-0.2, 0) is 10.3 Å². The van der Waals surface area contributed by atoms with Crippen LogP contribution in [0.25, 0.3) is 0 Å². The minimum atomic E-state index is -0.320. The summed E-state index contributed by atoms with van der Waals surface area (Å²) >= 11 is 0. The zero-order chi connectivity index (χ0) is 14.0. The minimum absolute atomic E-state index is 0.320. The Hall–Kier alpha value is -1.23. The highest BCUT2D eigenvalue weighted by Gasteiger charge is 2.40. The van der Waals surface area contributed by atoms with Crippen LogP contribution < -0.4 is 5.73 Å². The summed E-state index contributed by atoms with van der Waals surface area (Å²) < 4.78 is 6.04. The smallest absolute Gasteiger partial charge is 0.223 e. The number of nitrogen functional groups attached to an aromatic ring is 1. The number of anilines is 1. The molecule has 0 bridgehead atoms. The molecule has 0 amide bonds. The summed E-state index contributed by atoms with van der Waals surface area (Å²) in [6.07, 6.45) is 9.21. The summed E-state index contributed by atoms with van der Waals surface area (Å²) in [7, 11) is 0. The average Bonchev–Trinajstić information content (AvgIpc) is 3.10. The Kier molecular flexibility index (Phi) is 3.87. The molecule has 5 heteroatoms. The molecule has 0 aromatic carbocycles. The fraction of sp³-hybridized carbons (Fsp3) is 0.800. The second-order valence-corrected chi connectivity index (χ2v) is 5.99. The molecule has 1 aromatic rings. The van der Waals surface area contributed by atoms with E-state index in [1.807, 2.05) is 6.92 Å². The van der Waals surface area contributed by atoms with Crippen LogP contribution in [0.4, 0.5) is 5.95 Å². The van der Waals surface area contributed by atoms with Crippen LogP contribution in [0, 0.1) is 0 Å². The van der Waals surface area contributed by atoms with E-state index >= 15 is 0 Å². The van der Waals surface area contributed by atoms with Gasteiger partial charge in [0.2, 0.25) is 5.95 Å². The van der Waals surface area contributed by atoms with Crippen molar-refractivity contribution in [1.82, 2.24) is 15.0 Å². The largest absolute Gasteiger partial charge is 0.368 e. The van der Waals surface area contributed by atoms with Gasteiger partial charge in [-0.05, 0) is 45.4 Å². The number of ether oxygens (including phenoxy) is 1. The van der Waals surface area contributed by atoms with Crippen LogP contribution in [0.3, 0.4) is 0 Å². The monoisotopic (exact) mass is 276 g/mol. The van der Waals surface area contributed by atoms with E-state index in [2.05, 4.69) is 9.97 Å². The zero-order valence-electron chi connectivity index (χ0n) is 12.3. The number of aromatic nitrogens is 3. The molecule has 2 saturated carbocycles. The molecular formula is C15H24N4O. The van der Waals surface area contributed by atoms with E-state index in [1.165, 1.54) is 38.5 Å². The Bertz CT molecular complexity index is 465. The van der Waals surface area contributed by atoms with Crippen LogP contribution in [0.2, 0.25) is 0 Å². The fourth-order valence-electron chi connectivity index (χ4n) is 3.63. The summed E-state index contributed by atoms with van der Waals surface area (Å²) in [6, 6.07) is 0. The van der Waals surface area contributed by atoms with Gasteiger partial charge < -0.3 is 10.5 Å². The number of nitrogens with zero attached hydrogens (tertiary/aromatic N) is 3. The molecule has 0 aliphatic heterocycles. The first-order valence-electron chi connectivity index (χ1n) is 7.89. The van der Waals surface area contributed by atoms with Gasteiger partial charge in [-0.3, -0.25) is 0 Å². The molecule has 0 spiro atoms. The highest BCUT2D eigenvalue weighted by atomic mass is 16.5.